The summed E-state index contributed by atoms with van der Waals surface area (Å²) in [5.41, 5.74) is 1.38. The number of piperidine rings is 1. The summed E-state index contributed by atoms with van der Waals surface area (Å²) < 4.78 is 1.35. The summed E-state index contributed by atoms with van der Waals surface area (Å²) in [4.78, 5) is 22.4. The van der Waals surface area contributed by atoms with Gasteiger partial charge in [-0.3, -0.25) is 4.90 Å². The van der Waals surface area contributed by atoms with Crippen LogP contribution in [0.5, 0.6) is 0 Å². The molecule has 1 fully saturated rings. The molecule has 0 spiro atoms. The normalized spacial score (nSPS) is 17.1. The third-order valence-corrected chi connectivity index (χ3v) is 3.37. The molecule has 0 radical (unpaired) electrons. The molecule has 1 saturated heterocycles. The van der Waals surface area contributed by atoms with Gasteiger partial charge in [-0.1, -0.05) is 18.6 Å². The lowest BCUT2D eigenvalue weighted by Gasteiger charge is -2.25. The molecule has 3 rings (SSSR count). The predicted octanol–water partition coefficient (Wildman–Crippen LogP) is 1.20. The van der Waals surface area contributed by atoms with Gasteiger partial charge in [-0.15, -0.1) is 4.73 Å². The summed E-state index contributed by atoms with van der Waals surface area (Å²) in [5, 5.41) is 0. The lowest BCUT2D eigenvalue weighted by atomic mass is 10.1. The molecular formula is C13H17N3O2. The Morgan fingerprint density at radius 1 is 1.17 bits per heavy atom. The van der Waals surface area contributed by atoms with Crippen LogP contribution in [0.15, 0.2) is 29.1 Å². The SMILES string of the molecule is O=c1[nH]c2ccccc2n1OCN1CCCCC1. The third-order valence-electron chi connectivity index (χ3n) is 3.37. The number of aromatic nitrogens is 2. The molecule has 1 aliphatic heterocycles. The van der Waals surface area contributed by atoms with Gasteiger partial charge in [0.2, 0.25) is 0 Å². The Bertz CT molecular complexity index is 581. The summed E-state index contributed by atoms with van der Waals surface area (Å²) in [6, 6.07) is 7.55. The Balaban J connectivity index is 1.77. The van der Waals surface area contributed by atoms with E-state index < -0.39 is 0 Å². The maximum Gasteiger partial charge on any atom is 0.359 e. The summed E-state index contributed by atoms with van der Waals surface area (Å²) in [6.45, 7) is 2.58. The van der Waals surface area contributed by atoms with Gasteiger partial charge in [0.25, 0.3) is 0 Å². The van der Waals surface area contributed by atoms with Crippen LogP contribution in [0.1, 0.15) is 19.3 Å². The van der Waals surface area contributed by atoms with Crippen molar-refractivity contribution in [3.63, 3.8) is 0 Å². The number of rotatable bonds is 3. The monoisotopic (exact) mass is 247 g/mol. The largest absolute Gasteiger partial charge is 0.393 e. The number of imidazole rings is 1. The molecule has 5 nitrogen and oxygen atoms in total. The molecule has 0 unspecified atom stereocenters. The zero-order valence-corrected chi connectivity index (χ0v) is 10.3. The van der Waals surface area contributed by atoms with Crippen molar-refractivity contribution in [1.82, 2.24) is 14.6 Å². The van der Waals surface area contributed by atoms with E-state index in [-0.39, 0.29) is 5.69 Å². The zero-order chi connectivity index (χ0) is 12.4. The first-order chi connectivity index (χ1) is 8.84. The summed E-state index contributed by atoms with van der Waals surface area (Å²) in [5.74, 6) is 0. The van der Waals surface area contributed by atoms with Crippen molar-refractivity contribution in [3.05, 3.63) is 34.7 Å². The van der Waals surface area contributed by atoms with Gasteiger partial charge >= 0.3 is 5.69 Å². The minimum absolute atomic E-state index is 0.215. The van der Waals surface area contributed by atoms with Gasteiger partial charge in [-0.25, -0.2) is 4.79 Å². The molecule has 0 aliphatic carbocycles. The minimum Gasteiger partial charge on any atom is -0.393 e. The highest BCUT2D eigenvalue weighted by molar-refractivity contribution is 5.74. The highest BCUT2D eigenvalue weighted by atomic mass is 16.7. The summed E-state index contributed by atoms with van der Waals surface area (Å²) in [7, 11) is 0. The van der Waals surface area contributed by atoms with Crippen LogP contribution in [0.2, 0.25) is 0 Å². The quantitative estimate of drug-likeness (QED) is 0.886. The summed E-state index contributed by atoms with van der Waals surface area (Å²) >= 11 is 0. The van der Waals surface area contributed by atoms with Crippen molar-refractivity contribution in [2.75, 3.05) is 19.8 Å². The van der Waals surface area contributed by atoms with Crippen molar-refractivity contribution in [3.8, 4) is 0 Å². The van der Waals surface area contributed by atoms with Gasteiger partial charge in [0.1, 0.15) is 5.52 Å². The fourth-order valence-electron chi connectivity index (χ4n) is 2.39. The Kier molecular flexibility index (Phi) is 3.06. The second-order valence-electron chi connectivity index (χ2n) is 4.68. The van der Waals surface area contributed by atoms with E-state index in [1.54, 1.807) is 0 Å². The fourth-order valence-corrected chi connectivity index (χ4v) is 2.39. The molecule has 0 amide bonds. The van der Waals surface area contributed by atoms with E-state index in [9.17, 15) is 4.79 Å². The van der Waals surface area contributed by atoms with Crippen LogP contribution in [0.3, 0.4) is 0 Å². The van der Waals surface area contributed by atoms with Crippen LogP contribution >= 0.6 is 0 Å². The molecule has 0 saturated carbocycles. The number of H-pyrrole nitrogens is 1. The van der Waals surface area contributed by atoms with Crippen molar-refractivity contribution in [1.29, 1.82) is 0 Å². The topological polar surface area (TPSA) is 50.3 Å². The molecule has 0 bridgehead atoms. The smallest absolute Gasteiger partial charge is 0.359 e. The average molecular weight is 247 g/mol. The molecule has 2 heterocycles. The second kappa shape index (κ2) is 4.86. The first-order valence-electron chi connectivity index (χ1n) is 6.40. The van der Waals surface area contributed by atoms with Gasteiger partial charge in [0, 0.05) is 13.1 Å². The second-order valence-corrected chi connectivity index (χ2v) is 4.68. The number of aromatic amines is 1. The predicted molar refractivity (Wildman–Crippen MR) is 69.4 cm³/mol. The summed E-state index contributed by atoms with van der Waals surface area (Å²) in [6.07, 6.45) is 3.72. The molecule has 1 aromatic carbocycles. The van der Waals surface area contributed by atoms with Gasteiger partial charge in [0.15, 0.2) is 6.73 Å². The molecule has 2 aromatic rings. The van der Waals surface area contributed by atoms with Crippen LogP contribution < -0.4 is 10.5 Å². The van der Waals surface area contributed by atoms with E-state index in [0.29, 0.717) is 6.73 Å². The number of likely N-dealkylation sites (tertiary alicyclic amines) is 1. The van der Waals surface area contributed by atoms with E-state index in [0.717, 1.165) is 24.1 Å². The number of nitrogens with one attached hydrogen (secondary N) is 1. The third kappa shape index (κ3) is 2.13. The maximum atomic E-state index is 11.8. The van der Waals surface area contributed by atoms with Crippen LogP contribution in [0.4, 0.5) is 0 Å². The average Bonchev–Trinajstić information content (AvgIpc) is 2.73. The lowest BCUT2D eigenvalue weighted by Crippen LogP contribution is -2.38. The van der Waals surface area contributed by atoms with E-state index in [4.69, 9.17) is 4.84 Å². The standard InChI is InChI=1S/C13H17N3O2/c17-13-14-11-6-2-3-7-12(11)16(13)18-10-15-8-4-1-5-9-15/h2-3,6-7H,1,4-5,8-10H2,(H,14,17). The van der Waals surface area contributed by atoms with E-state index in [1.807, 2.05) is 24.3 Å². The maximum absolute atomic E-state index is 11.8. The molecule has 96 valence electrons. The number of fused-ring (bicyclic) bond motifs is 1. The number of hydrogen-bond donors (Lipinski definition) is 1. The fraction of sp³-hybridized carbons (Fsp3) is 0.462. The first kappa shape index (κ1) is 11.3. The van der Waals surface area contributed by atoms with Crippen LogP contribution in [0.25, 0.3) is 11.0 Å². The van der Waals surface area contributed by atoms with Gasteiger partial charge < -0.3 is 9.82 Å². The van der Waals surface area contributed by atoms with Gasteiger partial charge in [-0.2, -0.15) is 0 Å². The van der Waals surface area contributed by atoms with Crippen LogP contribution in [-0.4, -0.2) is 34.4 Å². The number of para-hydroxylation sites is 2. The number of nitrogens with zero attached hydrogens (tertiary/aromatic N) is 2. The molecule has 1 aliphatic rings. The highest BCUT2D eigenvalue weighted by Gasteiger charge is 2.12. The van der Waals surface area contributed by atoms with Gasteiger partial charge in [-0.05, 0) is 25.0 Å². The number of benzene rings is 1. The molecule has 0 atom stereocenters. The van der Waals surface area contributed by atoms with Crippen LogP contribution in [-0.2, 0) is 0 Å². The lowest BCUT2D eigenvalue weighted by molar-refractivity contribution is 0.00959. The van der Waals surface area contributed by atoms with Gasteiger partial charge in [0.05, 0.1) is 5.52 Å². The molecule has 18 heavy (non-hydrogen) atoms. The Morgan fingerprint density at radius 2 is 1.94 bits per heavy atom. The Morgan fingerprint density at radius 3 is 2.78 bits per heavy atom. The van der Waals surface area contributed by atoms with Crippen molar-refractivity contribution in [2.24, 2.45) is 0 Å². The Labute approximate surface area is 105 Å². The molecule has 5 heteroatoms. The highest BCUT2D eigenvalue weighted by Crippen LogP contribution is 2.09. The van der Waals surface area contributed by atoms with E-state index >= 15 is 0 Å². The van der Waals surface area contributed by atoms with Crippen LogP contribution in [0, 0.1) is 0 Å². The zero-order valence-electron chi connectivity index (χ0n) is 10.3. The minimum atomic E-state index is -0.215. The first-order valence-corrected chi connectivity index (χ1v) is 6.40. The molecular weight excluding hydrogens is 230 g/mol. The number of hydrogen-bond acceptors (Lipinski definition) is 3. The van der Waals surface area contributed by atoms with Crippen molar-refractivity contribution in [2.45, 2.75) is 19.3 Å². The Hall–Kier alpha value is -1.75. The van der Waals surface area contributed by atoms with Crippen molar-refractivity contribution >= 4 is 11.0 Å². The van der Waals surface area contributed by atoms with Crippen molar-refractivity contribution < 1.29 is 4.84 Å². The molecule has 1 aromatic heterocycles. The van der Waals surface area contributed by atoms with E-state index in [1.165, 1.54) is 24.0 Å². The van der Waals surface area contributed by atoms with E-state index in [2.05, 4.69) is 9.88 Å². The molecule has 1 N–H and O–H groups in total.